The van der Waals surface area contributed by atoms with Crippen molar-refractivity contribution in [3.63, 3.8) is 0 Å². The van der Waals surface area contributed by atoms with Gasteiger partial charge in [0.1, 0.15) is 5.82 Å². The molecule has 2 rings (SSSR count). The summed E-state index contributed by atoms with van der Waals surface area (Å²) in [5.41, 5.74) is 5.78. The highest BCUT2D eigenvalue weighted by atomic mass is 35.5. The smallest absolute Gasteiger partial charge is 0.206 e. The summed E-state index contributed by atoms with van der Waals surface area (Å²) in [7, 11) is 0. The van der Waals surface area contributed by atoms with Gasteiger partial charge in [-0.3, -0.25) is 0 Å². The Morgan fingerprint density at radius 2 is 2.33 bits per heavy atom. The molecule has 3 N–H and O–H groups in total. The second-order valence-corrected chi connectivity index (χ2v) is 3.97. The highest BCUT2D eigenvalue weighted by molar-refractivity contribution is 6.31. The Bertz CT molecular complexity index is 576. The molecule has 5 nitrogen and oxygen atoms in total. The summed E-state index contributed by atoms with van der Waals surface area (Å²) in [6, 6.07) is 4.45. The molecule has 0 amide bonds. The lowest BCUT2D eigenvalue weighted by Gasteiger charge is -2.09. The molecule has 0 aliphatic carbocycles. The molecule has 0 unspecified atom stereocenters. The number of nitrogens with two attached hydrogens (primary N) is 1. The van der Waals surface area contributed by atoms with Crippen molar-refractivity contribution in [1.29, 1.82) is 0 Å². The quantitative estimate of drug-likeness (QED) is 0.386. The van der Waals surface area contributed by atoms with Gasteiger partial charge in [-0.1, -0.05) is 22.8 Å². The van der Waals surface area contributed by atoms with Crippen LogP contribution in [0.25, 0.3) is 0 Å². The summed E-state index contributed by atoms with van der Waals surface area (Å²) in [4.78, 5) is 3.92. The van der Waals surface area contributed by atoms with E-state index in [0.717, 1.165) is 0 Å². The van der Waals surface area contributed by atoms with E-state index in [9.17, 15) is 4.39 Å². The van der Waals surface area contributed by atoms with Crippen LogP contribution < -0.4 is 5.73 Å². The van der Waals surface area contributed by atoms with E-state index >= 15 is 0 Å². The maximum atomic E-state index is 13.6. The highest BCUT2D eigenvalue weighted by Crippen LogP contribution is 2.20. The molecule has 7 heteroatoms. The van der Waals surface area contributed by atoms with E-state index in [1.165, 1.54) is 18.3 Å². The van der Waals surface area contributed by atoms with E-state index in [2.05, 4.69) is 10.1 Å². The van der Waals surface area contributed by atoms with Crippen LogP contribution in [0.3, 0.4) is 0 Å². The summed E-state index contributed by atoms with van der Waals surface area (Å²) in [5.74, 6) is -0.314. The van der Waals surface area contributed by atoms with Crippen molar-refractivity contribution in [3.8, 4) is 0 Å². The third-order valence-electron chi connectivity index (χ3n) is 2.44. The number of benzene rings is 1. The fourth-order valence-electron chi connectivity index (χ4n) is 1.57. The summed E-state index contributed by atoms with van der Waals surface area (Å²) in [6.07, 6.45) is 3.07. The normalized spacial score (nSPS) is 11.8. The molecule has 18 heavy (non-hydrogen) atoms. The molecule has 2 aromatic rings. The molecular weight excluding hydrogens is 259 g/mol. The molecule has 0 aliphatic rings. The number of hydrogen-bond donors (Lipinski definition) is 2. The molecule has 0 bridgehead atoms. The minimum atomic E-state index is -0.415. The second kappa shape index (κ2) is 5.05. The van der Waals surface area contributed by atoms with Crippen molar-refractivity contribution in [3.05, 3.63) is 52.8 Å². The van der Waals surface area contributed by atoms with Crippen molar-refractivity contribution < 1.29 is 9.60 Å². The fourth-order valence-corrected chi connectivity index (χ4v) is 1.79. The van der Waals surface area contributed by atoms with Gasteiger partial charge in [0.25, 0.3) is 0 Å². The van der Waals surface area contributed by atoms with Crippen LogP contribution in [-0.2, 0) is 6.54 Å². The Kier molecular flexibility index (Phi) is 3.47. The van der Waals surface area contributed by atoms with Crippen LogP contribution in [0, 0.1) is 5.82 Å². The van der Waals surface area contributed by atoms with Crippen molar-refractivity contribution in [1.82, 2.24) is 9.55 Å². The van der Waals surface area contributed by atoms with Gasteiger partial charge in [-0.25, -0.2) is 9.37 Å². The molecule has 0 radical (unpaired) electrons. The van der Waals surface area contributed by atoms with Crippen LogP contribution in [0.4, 0.5) is 4.39 Å². The number of nitrogens with zero attached hydrogens (tertiary/aromatic N) is 3. The van der Waals surface area contributed by atoms with Gasteiger partial charge < -0.3 is 15.5 Å². The zero-order valence-corrected chi connectivity index (χ0v) is 9.97. The minimum Gasteiger partial charge on any atom is -0.409 e. The standard InChI is InChI=1S/C11H10ClFN4O/c12-8-2-1-3-9(13)7(8)6-17-5-4-15-11(17)10(14)16-18/h1-5,18H,6H2,(H2,14,16). The average Bonchev–Trinajstić information content (AvgIpc) is 2.81. The van der Waals surface area contributed by atoms with Crippen LogP contribution >= 0.6 is 11.6 Å². The zero-order valence-electron chi connectivity index (χ0n) is 9.22. The molecule has 1 heterocycles. The second-order valence-electron chi connectivity index (χ2n) is 3.56. The first-order chi connectivity index (χ1) is 8.63. The predicted molar refractivity (Wildman–Crippen MR) is 65.2 cm³/mol. The maximum Gasteiger partial charge on any atom is 0.206 e. The molecule has 1 aromatic carbocycles. The molecule has 0 atom stereocenters. The Hall–Kier alpha value is -2.08. The van der Waals surface area contributed by atoms with Gasteiger partial charge in [0, 0.05) is 23.0 Å². The number of amidine groups is 1. The SMILES string of the molecule is NC(=NO)c1nccn1Cc1c(F)cccc1Cl. The Labute approximate surface area is 107 Å². The number of hydrogen-bond acceptors (Lipinski definition) is 3. The molecule has 0 fully saturated rings. The van der Waals surface area contributed by atoms with Crippen molar-refractivity contribution in [2.75, 3.05) is 0 Å². The van der Waals surface area contributed by atoms with E-state index in [1.807, 2.05) is 0 Å². The van der Waals surface area contributed by atoms with Gasteiger partial charge >= 0.3 is 0 Å². The van der Waals surface area contributed by atoms with E-state index in [1.54, 1.807) is 16.8 Å². The van der Waals surface area contributed by atoms with Gasteiger partial charge in [-0.15, -0.1) is 0 Å². The fraction of sp³-hybridized carbons (Fsp3) is 0.0909. The van der Waals surface area contributed by atoms with Crippen LogP contribution in [0.5, 0.6) is 0 Å². The average molecular weight is 269 g/mol. The van der Waals surface area contributed by atoms with Crippen LogP contribution in [-0.4, -0.2) is 20.6 Å². The van der Waals surface area contributed by atoms with Crippen LogP contribution in [0.15, 0.2) is 35.7 Å². The van der Waals surface area contributed by atoms with Crippen LogP contribution in [0.2, 0.25) is 5.02 Å². The third-order valence-corrected chi connectivity index (χ3v) is 2.80. The highest BCUT2D eigenvalue weighted by Gasteiger charge is 2.12. The summed E-state index contributed by atoms with van der Waals surface area (Å²) in [6.45, 7) is 0.150. The number of rotatable bonds is 3. The first kappa shape index (κ1) is 12.4. The molecule has 0 aliphatic heterocycles. The largest absolute Gasteiger partial charge is 0.409 e. The summed E-state index contributed by atoms with van der Waals surface area (Å²) < 4.78 is 15.2. The summed E-state index contributed by atoms with van der Waals surface area (Å²) >= 11 is 5.93. The first-order valence-electron chi connectivity index (χ1n) is 5.05. The van der Waals surface area contributed by atoms with Crippen molar-refractivity contribution >= 4 is 17.4 Å². The van der Waals surface area contributed by atoms with Crippen LogP contribution in [0.1, 0.15) is 11.4 Å². The predicted octanol–water partition coefficient (Wildman–Crippen LogP) is 1.82. The molecule has 0 saturated heterocycles. The zero-order chi connectivity index (χ0) is 13.1. The van der Waals surface area contributed by atoms with Gasteiger partial charge in [-0.05, 0) is 12.1 Å². The van der Waals surface area contributed by atoms with Crippen molar-refractivity contribution in [2.24, 2.45) is 10.9 Å². The van der Waals surface area contributed by atoms with E-state index in [-0.39, 0.29) is 18.2 Å². The number of oxime groups is 1. The monoisotopic (exact) mass is 268 g/mol. The Morgan fingerprint density at radius 3 is 3.00 bits per heavy atom. The Morgan fingerprint density at radius 1 is 1.56 bits per heavy atom. The Balaban J connectivity index is 2.38. The third kappa shape index (κ3) is 2.28. The van der Waals surface area contributed by atoms with Gasteiger partial charge in [-0.2, -0.15) is 0 Å². The summed E-state index contributed by atoms with van der Waals surface area (Å²) in [5, 5.41) is 11.8. The molecule has 0 saturated carbocycles. The number of imidazole rings is 1. The lowest BCUT2D eigenvalue weighted by atomic mass is 10.2. The maximum absolute atomic E-state index is 13.6. The topological polar surface area (TPSA) is 76.4 Å². The van der Waals surface area contributed by atoms with E-state index < -0.39 is 5.82 Å². The molecular formula is C11H10ClFN4O. The van der Waals surface area contributed by atoms with Gasteiger partial charge in [0.05, 0.1) is 6.54 Å². The number of halogens is 2. The molecule has 0 spiro atoms. The van der Waals surface area contributed by atoms with E-state index in [0.29, 0.717) is 10.6 Å². The lowest BCUT2D eigenvalue weighted by Crippen LogP contribution is -2.20. The van der Waals surface area contributed by atoms with Gasteiger partial charge in [0.15, 0.2) is 5.82 Å². The molecule has 94 valence electrons. The van der Waals surface area contributed by atoms with E-state index in [4.69, 9.17) is 22.5 Å². The minimum absolute atomic E-state index is 0.146. The van der Waals surface area contributed by atoms with Gasteiger partial charge in [0.2, 0.25) is 5.84 Å². The number of aromatic nitrogens is 2. The molecule has 1 aromatic heterocycles. The van der Waals surface area contributed by atoms with Crippen molar-refractivity contribution in [2.45, 2.75) is 6.54 Å². The first-order valence-corrected chi connectivity index (χ1v) is 5.43. The lowest BCUT2D eigenvalue weighted by molar-refractivity contribution is 0.318.